The zero-order valence-electron chi connectivity index (χ0n) is 8.96. The summed E-state index contributed by atoms with van der Waals surface area (Å²) < 4.78 is 2.04. The minimum absolute atomic E-state index is 0.0621. The second-order valence-corrected chi connectivity index (χ2v) is 7.03. The Bertz CT molecular complexity index is 548. The maximum atomic E-state index is 12.0. The van der Waals surface area contributed by atoms with Crippen molar-refractivity contribution < 1.29 is 4.79 Å². The molecule has 2 nitrogen and oxygen atoms in total. The van der Waals surface area contributed by atoms with Gasteiger partial charge in [-0.25, -0.2) is 0 Å². The van der Waals surface area contributed by atoms with Crippen LogP contribution in [0.1, 0.15) is 15.2 Å². The molecule has 1 aromatic carbocycles. The number of hydrogen-bond donors (Lipinski definition) is 1. The number of carbonyl (C=O) groups is 1. The lowest BCUT2D eigenvalue weighted by Gasteiger charge is -2.05. The summed E-state index contributed by atoms with van der Waals surface area (Å²) in [6.45, 7) is 1.98. The van der Waals surface area contributed by atoms with E-state index in [0.717, 1.165) is 18.6 Å². The third-order valence-electron chi connectivity index (χ3n) is 2.20. The molecular formula is C12H9BrINOS. The Labute approximate surface area is 126 Å². The van der Waals surface area contributed by atoms with E-state index in [2.05, 4.69) is 43.8 Å². The summed E-state index contributed by atoms with van der Waals surface area (Å²) in [5, 5.41) is 2.91. The van der Waals surface area contributed by atoms with Crippen LogP contribution in [0.4, 0.5) is 5.69 Å². The van der Waals surface area contributed by atoms with E-state index in [1.54, 1.807) is 0 Å². The Morgan fingerprint density at radius 1 is 1.41 bits per heavy atom. The highest BCUT2D eigenvalue weighted by Gasteiger charge is 2.12. The Hall–Kier alpha value is -0.400. The number of nitrogens with one attached hydrogen (secondary N) is 1. The van der Waals surface area contributed by atoms with Crippen molar-refractivity contribution in [3.63, 3.8) is 0 Å². The average Bonchev–Trinajstić information content (AvgIpc) is 2.63. The van der Waals surface area contributed by atoms with Crippen LogP contribution in [0.5, 0.6) is 0 Å². The Balaban J connectivity index is 2.20. The van der Waals surface area contributed by atoms with Crippen LogP contribution in [0.15, 0.2) is 34.1 Å². The topological polar surface area (TPSA) is 29.1 Å². The fourth-order valence-corrected chi connectivity index (χ4v) is 3.27. The minimum atomic E-state index is -0.0621. The van der Waals surface area contributed by atoms with Gasteiger partial charge in [-0.1, -0.05) is 12.1 Å². The van der Waals surface area contributed by atoms with Gasteiger partial charge in [0.15, 0.2) is 0 Å². The van der Waals surface area contributed by atoms with Gasteiger partial charge in [0.2, 0.25) is 0 Å². The summed E-state index contributed by atoms with van der Waals surface area (Å²) in [4.78, 5) is 12.7. The summed E-state index contributed by atoms with van der Waals surface area (Å²) >= 11 is 7.08. The Morgan fingerprint density at radius 2 is 2.12 bits per heavy atom. The fourth-order valence-electron chi connectivity index (χ4n) is 1.32. The molecule has 5 heteroatoms. The molecule has 2 rings (SSSR count). The number of para-hydroxylation sites is 1. The molecule has 88 valence electrons. The maximum Gasteiger partial charge on any atom is 0.265 e. The lowest BCUT2D eigenvalue weighted by atomic mass is 10.3. The fraction of sp³-hybridized carbons (Fsp3) is 0.0833. The van der Waals surface area contributed by atoms with Crippen molar-refractivity contribution in [2.75, 3.05) is 5.32 Å². The maximum absolute atomic E-state index is 12.0. The summed E-state index contributed by atoms with van der Waals surface area (Å²) in [5.41, 5.74) is 1.93. The van der Waals surface area contributed by atoms with Gasteiger partial charge in [0, 0.05) is 3.57 Å². The Morgan fingerprint density at radius 3 is 2.71 bits per heavy atom. The van der Waals surface area contributed by atoms with E-state index in [1.165, 1.54) is 11.3 Å². The van der Waals surface area contributed by atoms with E-state index in [4.69, 9.17) is 0 Å². The van der Waals surface area contributed by atoms with Crippen molar-refractivity contribution in [1.82, 2.24) is 0 Å². The number of amides is 1. The van der Waals surface area contributed by atoms with Crippen LogP contribution < -0.4 is 5.32 Å². The van der Waals surface area contributed by atoms with Crippen LogP contribution in [-0.2, 0) is 0 Å². The van der Waals surface area contributed by atoms with E-state index in [1.807, 2.05) is 37.3 Å². The molecule has 0 aliphatic heterocycles. The highest BCUT2D eigenvalue weighted by atomic mass is 127. The van der Waals surface area contributed by atoms with E-state index in [-0.39, 0.29) is 5.91 Å². The highest BCUT2D eigenvalue weighted by molar-refractivity contribution is 14.1. The molecule has 1 amide bonds. The summed E-state index contributed by atoms with van der Waals surface area (Å²) in [7, 11) is 0. The van der Waals surface area contributed by atoms with Crippen LogP contribution in [-0.4, -0.2) is 5.91 Å². The number of halogens is 2. The van der Waals surface area contributed by atoms with E-state index < -0.39 is 0 Å². The molecule has 0 saturated carbocycles. The molecule has 0 radical (unpaired) electrons. The quantitative estimate of drug-likeness (QED) is 0.701. The number of aryl methyl sites for hydroxylation is 1. The molecular weight excluding hydrogens is 413 g/mol. The normalized spacial score (nSPS) is 10.3. The molecule has 0 fully saturated rings. The van der Waals surface area contributed by atoms with Crippen LogP contribution in [0, 0.1) is 10.5 Å². The molecule has 0 aliphatic carbocycles. The van der Waals surface area contributed by atoms with Crippen molar-refractivity contribution in [3.05, 3.63) is 48.1 Å². The molecule has 1 N–H and O–H groups in total. The van der Waals surface area contributed by atoms with Crippen molar-refractivity contribution in [2.24, 2.45) is 0 Å². The first-order valence-corrected chi connectivity index (χ1v) is 7.58. The molecule has 0 saturated heterocycles. The van der Waals surface area contributed by atoms with Gasteiger partial charge in [0.1, 0.15) is 0 Å². The smallest absolute Gasteiger partial charge is 0.265 e. The van der Waals surface area contributed by atoms with E-state index in [9.17, 15) is 4.79 Å². The molecule has 0 aliphatic rings. The first kappa shape index (κ1) is 13.0. The zero-order valence-corrected chi connectivity index (χ0v) is 13.5. The van der Waals surface area contributed by atoms with Crippen LogP contribution in [0.2, 0.25) is 0 Å². The Kier molecular flexibility index (Phi) is 4.22. The number of carbonyl (C=O) groups excluding carboxylic acids is 1. The number of rotatable bonds is 2. The largest absolute Gasteiger partial charge is 0.320 e. The number of thiophene rings is 1. The molecule has 1 heterocycles. The van der Waals surface area contributed by atoms with Gasteiger partial charge in [-0.2, -0.15) is 0 Å². The number of benzene rings is 1. The molecule has 0 atom stereocenters. The first-order chi connectivity index (χ1) is 8.08. The second-order valence-electron chi connectivity index (χ2n) is 3.50. The predicted octanol–water partition coefficient (Wildman–Crippen LogP) is 4.68. The highest BCUT2D eigenvalue weighted by Crippen LogP contribution is 2.28. The number of hydrogen-bond acceptors (Lipinski definition) is 2. The molecule has 0 bridgehead atoms. The zero-order chi connectivity index (χ0) is 12.4. The van der Waals surface area contributed by atoms with E-state index in [0.29, 0.717) is 4.88 Å². The molecule has 0 spiro atoms. The third-order valence-corrected chi connectivity index (χ3v) is 5.28. The van der Waals surface area contributed by atoms with Crippen LogP contribution >= 0.6 is 49.9 Å². The lowest BCUT2D eigenvalue weighted by molar-refractivity contribution is 0.103. The summed E-state index contributed by atoms with van der Waals surface area (Å²) in [6.07, 6.45) is 0. The van der Waals surface area contributed by atoms with Gasteiger partial charge >= 0.3 is 0 Å². The van der Waals surface area contributed by atoms with Gasteiger partial charge in [0.05, 0.1) is 14.4 Å². The van der Waals surface area contributed by atoms with Crippen molar-refractivity contribution in [2.45, 2.75) is 6.92 Å². The van der Waals surface area contributed by atoms with Crippen molar-refractivity contribution in [3.8, 4) is 0 Å². The van der Waals surface area contributed by atoms with Gasteiger partial charge < -0.3 is 5.32 Å². The van der Waals surface area contributed by atoms with Crippen LogP contribution in [0.25, 0.3) is 0 Å². The van der Waals surface area contributed by atoms with Gasteiger partial charge in [-0.15, -0.1) is 11.3 Å². The molecule has 2 aromatic rings. The van der Waals surface area contributed by atoms with Crippen molar-refractivity contribution >= 4 is 61.5 Å². The van der Waals surface area contributed by atoms with Gasteiger partial charge in [0.25, 0.3) is 5.91 Å². The first-order valence-electron chi connectivity index (χ1n) is 4.90. The summed E-state index contributed by atoms with van der Waals surface area (Å²) in [6, 6.07) is 9.61. The summed E-state index contributed by atoms with van der Waals surface area (Å²) in [5.74, 6) is -0.0621. The van der Waals surface area contributed by atoms with Gasteiger partial charge in [-0.05, 0) is 69.2 Å². The number of anilines is 1. The molecule has 17 heavy (non-hydrogen) atoms. The van der Waals surface area contributed by atoms with E-state index >= 15 is 0 Å². The lowest BCUT2D eigenvalue weighted by Crippen LogP contribution is -2.10. The molecule has 1 aromatic heterocycles. The molecule has 0 unspecified atom stereocenters. The monoisotopic (exact) mass is 421 g/mol. The van der Waals surface area contributed by atoms with Crippen molar-refractivity contribution in [1.29, 1.82) is 0 Å². The predicted molar refractivity (Wildman–Crippen MR) is 83.9 cm³/mol. The van der Waals surface area contributed by atoms with Gasteiger partial charge in [-0.3, -0.25) is 4.79 Å². The van der Waals surface area contributed by atoms with Crippen LogP contribution in [0.3, 0.4) is 0 Å². The minimum Gasteiger partial charge on any atom is -0.320 e. The standard InChI is InChI=1S/C12H9BrINOS/c1-7-6-10(17-11(7)13)12(16)15-9-5-3-2-4-8(9)14/h2-6H,1H3,(H,15,16). The third kappa shape index (κ3) is 3.08. The SMILES string of the molecule is Cc1cc(C(=O)Nc2ccccc2I)sc1Br. The second kappa shape index (κ2) is 5.49. The average molecular weight is 422 g/mol.